The van der Waals surface area contributed by atoms with E-state index in [4.69, 9.17) is 9.73 Å². The Hall–Kier alpha value is -0.560. The van der Waals surface area contributed by atoms with Gasteiger partial charge in [0.05, 0.1) is 13.2 Å². The van der Waals surface area contributed by atoms with Gasteiger partial charge in [0, 0.05) is 26.7 Å². The van der Waals surface area contributed by atoms with Crippen LogP contribution in [0.4, 0.5) is 0 Å². The highest BCUT2D eigenvalue weighted by Gasteiger charge is 2.06. The van der Waals surface area contributed by atoms with E-state index in [0.29, 0.717) is 0 Å². The minimum absolute atomic E-state index is 0. The summed E-state index contributed by atoms with van der Waals surface area (Å²) in [6.07, 6.45) is 8.43. The number of rotatable bonds is 8. The van der Waals surface area contributed by atoms with Crippen LogP contribution in [-0.2, 0) is 4.74 Å². The maximum absolute atomic E-state index is 5.32. The van der Waals surface area contributed by atoms with Crippen LogP contribution in [0.25, 0.3) is 0 Å². The van der Waals surface area contributed by atoms with Gasteiger partial charge in [0.15, 0.2) is 5.96 Å². The van der Waals surface area contributed by atoms with Crippen LogP contribution in [0, 0.1) is 0 Å². The molecular weight excluding hydrogens is 377 g/mol. The van der Waals surface area contributed by atoms with Crippen molar-refractivity contribution in [1.82, 2.24) is 10.2 Å². The van der Waals surface area contributed by atoms with Gasteiger partial charge in [-0.25, -0.2) is 0 Å². The van der Waals surface area contributed by atoms with Crippen molar-refractivity contribution >= 4 is 29.9 Å². The zero-order chi connectivity index (χ0) is 14.6. The molecule has 1 N–H and O–H groups in total. The van der Waals surface area contributed by atoms with Gasteiger partial charge in [-0.05, 0) is 32.6 Å². The van der Waals surface area contributed by atoms with Crippen molar-refractivity contribution in [2.75, 3.05) is 39.9 Å². The van der Waals surface area contributed by atoms with Crippen LogP contribution in [0.5, 0.6) is 0 Å². The summed E-state index contributed by atoms with van der Waals surface area (Å²) in [7, 11) is 2.10. The maximum atomic E-state index is 5.32. The van der Waals surface area contributed by atoms with E-state index in [9.17, 15) is 0 Å². The third-order valence-corrected chi connectivity index (χ3v) is 3.35. The molecule has 0 saturated carbocycles. The highest BCUT2D eigenvalue weighted by Crippen LogP contribution is 2.11. The van der Waals surface area contributed by atoms with Crippen LogP contribution in [0.1, 0.15) is 32.6 Å². The SMILES string of the molecule is C=CCCCN(C)C(=NCCC1=CCOCC1)NCC.I. The Morgan fingerprint density at radius 1 is 1.57 bits per heavy atom. The smallest absolute Gasteiger partial charge is 0.193 e. The van der Waals surface area contributed by atoms with Crippen LogP contribution in [-0.4, -0.2) is 50.8 Å². The molecule has 0 aliphatic carbocycles. The molecule has 4 nitrogen and oxygen atoms in total. The number of halogens is 1. The average molecular weight is 407 g/mol. The Morgan fingerprint density at radius 2 is 2.38 bits per heavy atom. The lowest BCUT2D eigenvalue weighted by Gasteiger charge is -2.22. The molecule has 0 aromatic carbocycles. The van der Waals surface area contributed by atoms with Gasteiger partial charge in [0.1, 0.15) is 0 Å². The third kappa shape index (κ3) is 9.14. The van der Waals surface area contributed by atoms with E-state index in [0.717, 1.165) is 64.5 Å². The predicted octanol–water partition coefficient (Wildman–Crippen LogP) is 3.20. The topological polar surface area (TPSA) is 36.9 Å². The fraction of sp³-hybridized carbons (Fsp3) is 0.688. The number of guanidine groups is 1. The fourth-order valence-electron chi connectivity index (χ4n) is 2.15. The van der Waals surface area contributed by atoms with Gasteiger partial charge in [0.25, 0.3) is 0 Å². The molecule has 1 heterocycles. The van der Waals surface area contributed by atoms with Gasteiger partial charge in [-0.2, -0.15) is 0 Å². The molecule has 122 valence electrons. The highest BCUT2D eigenvalue weighted by atomic mass is 127. The fourth-order valence-corrected chi connectivity index (χ4v) is 2.15. The summed E-state index contributed by atoms with van der Waals surface area (Å²) >= 11 is 0. The standard InChI is InChI=1S/C16H29N3O.HI/c1-4-6-7-12-19(3)16(17-5-2)18-11-8-15-9-13-20-14-10-15;/h4,9H,1,5-8,10-14H2,2-3H3,(H,17,18);1H. The number of unbranched alkanes of at least 4 members (excludes halogenated alkanes) is 1. The molecular formula is C16H30IN3O. The van der Waals surface area contributed by atoms with Gasteiger partial charge in [0.2, 0.25) is 0 Å². The predicted molar refractivity (Wildman–Crippen MR) is 102 cm³/mol. The molecule has 0 spiro atoms. The van der Waals surface area contributed by atoms with Crippen molar-refractivity contribution in [2.45, 2.75) is 32.6 Å². The van der Waals surface area contributed by atoms with E-state index < -0.39 is 0 Å². The molecule has 0 radical (unpaired) electrons. The van der Waals surface area contributed by atoms with E-state index in [1.807, 2.05) is 6.08 Å². The monoisotopic (exact) mass is 407 g/mol. The van der Waals surface area contributed by atoms with Crippen LogP contribution in [0.15, 0.2) is 29.3 Å². The Balaban J connectivity index is 0.00000400. The quantitative estimate of drug-likeness (QED) is 0.221. The van der Waals surface area contributed by atoms with Crippen molar-refractivity contribution in [3.63, 3.8) is 0 Å². The second-order valence-corrected chi connectivity index (χ2v) is 5.03. The molecule has 0 bridgehead atoms. The summed E-state index contributed by atoms with van der Waals surface area (Å²) < 4.78 is 5.32. The summed E-state index contributed by atoms with van der Waals surface area (Å²) in [5, 5.41) is 3.35. The molecule has 0 aromatic heterocycles. The first-order chi connectivity index (χ1) is 9.77. The molecule has 1 aliphatic rings. The van der Waals surface area contributed by atoms with Crippen LogP contribution < -0.4 is 5.32 Å². The van der Waals surface area contributed by atoms with Crippen LogP contribution in [0.3, 0.4) is 0 Å². The highest BCUT2D eigenvalue weighted by molar-refractivity contribution is 14.0. The lowest BCUT2D eigenvalue weighted by Crippen LogP contribution is -2.39. The molecule has 1 rings (SSSR count). The largest absolute Gasteiger partial charge is 0.377 e. The van der Waals surface area contributed by atoms with Crippen molar-refractivity contribution in [1.29, 1.82) is 0 Å². The second-order valence-electron chi connectivity index (χ2n) is 5.03. The minimum Gasteiger partial charge on any atom is -0.377 e. The minimum atomic E-state index is 0. The lowest BCUT2D eigenvalue weighted by atomic mass is 10.1. The van der Waals surface area contributed by atoms with Gasteiger partial charge >= 0.3 is 0 Å². The normalized spacial score (nSPS) is 15.0. The molecule has 21 heavy (non-hydrogen) atoms. The van der Waals surface area contributed by atoms with Gasteiger partial charge in [-0.15, -0.1) is 30.6 Å². The Labute approximate surface area is 146 Å². The first kappa shape index (κ1) is 20.4. The first-order valence-electron chi connectivity index (χ1n) is 7.64. The molecule has 0 unspecified atom stereocenters. The van der Waals surface area contributed by atoms with E-state index in [1.54, 1.807) is 0 Å². The molecule has 0 saturated heterocycles. The zero-order valence-corrected chi connectivity index (χ0v) is 15.8. The van der Waals surface area contributed by atoms with E-state index in [2.05, 4.69) is 36.8 Å². The Kier molecular flexibility index (Phi) is 12.8. The van der Waals surface area contributed by atoms with Crippen molar-refractivity contribution < 1.29 is 4.74 Å². The molecule has 0 fully saturated rings. The average Bonchev–Trinajstić information content (AvgIpc) is 2.47. The van der Waals surface area contributed by atoms with E-state index >= 15 is 0 Å². The number of nitrogens with zero attached hydrogens (tertiary/aromatic N) is 2. The summed E-state index contributed by atoms with van der Waals surface area (Å²) in [4.78, 5) is 6.91. The van der Waals surface area contributed by atoms with E-state index in [-0.39, 0.29) is 24.0 Å². The zero-order valence-electron chi connectivity index (χ0n) is 13.4. The van der Waals surface area contributed by atoms with Crippen LogP contribution in [0.2, 0.25) is 0 Å². The number of hydrogen-bond acceptors (Lipinski definition) is 2. The summed E-state index contributed by atoms with van der Waals surface area (Å²) in [6.45, 7) is 10.2. The van der Waals surface area contributed by atoms with E-state index in [1.165, 1.54) is 5.57 Å². The number of ether oxygens (including phenoxy) is 1. The Bertz CT molecular complexity index is 342. The van der Waals surface area contributed by atoms with Gasteiger partial charge in [-0.1, -0.05) is 17.7 Å². The lowest BCUT2D eigenvalue weighted by molar-refractivity contribution is 0.153. The Morgan fingerprint density at radius 3 is 3.00 bits per heavy atom. The van der Waals surface area contributed by atoms with Gasteiger partial charge < -0.3 is 15.0 Å². The number of hydrogen-bond donors (Lipinski definition) is 1. The van der Waals surface area contributed by atoms with Crippen LogP contribution >= 0.6 is 24.0 Å². The molecule has 0 amide bonds. The third-order valence-electron chi connectivity index (χ3n) is 3.35. The number of allylic oxidation sites excluding steroid dienone is 1. The maximum Gasteiger partial charge on any atom is 0.193 e. The first-order valence-corrected chi connectivity index (χ1v) is 7.64. The molecule has 5 heteroatoms. The number of nitrogens with one attached hydrogen (secondary N) is 1. The second kappa shape index (κ2) is 13.1. The van der Waals surface area contributed by atoms with Gasteiger partial charge in [-0.3, -0.25) is 4.99 Å². The molecule has 0 atom stereocenters. The van der Waals surface area contributed by atoms with Crippen molar-refractivity contribution in [3.05, 3.63) is 24.3 Å². The summed E-state index contributed by atoms with van der Waals surface area (Å²) in [5.74, 6) is 1.00. The van der Waals surface area contributed by atoms with Crippen molar-refractivity contribution in [3.8, 4) is 0 Å². The number of aliphatic imine (C=N–C) groups is 1. The molecule has 0 aromatic rings. The van der Waals surface area contributed by atoms with Crippen molar-refractivity contribution in [2.24, 2.45) is 4.99 Å². The molecule has 1 aliphatic heterocycles. The summed E-state index contributed by atoms with van der Waals surface area (Å²) in [6, 6.07) is 0. The summed E-state index contributed by atoms with van der Waals surface area (Å²) in [5.41, 5.74) is 1.48.